The number of nitrogens with one attached hydrogen (secondary N) is 1. The molecule has 2 rings (SSSR count). The van der Waals surface area contributed by atoms with Crippen LogP contribution in [0.25, 0.3) is 0 Å². The van der Waals surface area contributed by atoms with E-state index in [9.17, 15) is 9.90 Å². The van der Waals surface area contributed by atoms with Gasteiger partial charge in [0.1, 0.15) is 0 Å². The van der Waals surface area contributed by atoms with Crippen LogP contribution in [0.5, 0.6) is 0 Å². The minimum absolute atomic E-state index is 0.0326. The van der Waals surface area contributed by atoms with Gasteiger partial charge < -0.3 is 15.3 Å². The lowest BCUT2D eigenvalue weighted by atomic mass is 10.0. The Morgan fingerprint density at radius 2 is 1.87 bits per heavy atom. The smallest absolute Gasteiger partial charge is 0.321 e. The molecule has 1 unspecified atom stereocenters. The van der Waals surface area contributed by atoms with Crippen LogP contribution < -0.4 is 5.32 Å². The molecule has 5 heteroatoms. The normalized spacial score (nSPS) is 17.3. The number of hydrogen-bond donors (Lipinski definition) is 2. The maximum absolute atomic E-state index is 12.5. The number of rotatable bonds is 5. The Morgan fingerprint density at radius 3 is 2.43 bits per heavy atom. The zero-order valence-corrected chi connectivity index (χ0v) is 14.5. The van der Waals surface area contributed by atoms with Crippen LogP contribution >= 0.6 is 0 Å². The minimum Gasteiger partial charge on any atom is -0.395 e. The molecule has 128 valence electrons. The van der Waals surface area contributed by atoms with Crippen LogP contribution in [-0.2, 0) is 0 Å². The van der Waals surface area contributed by atoms with E-state index in [2.05, 4.69) is 37.1 Å². The molecule has 1 aromatic rings. The molecule has 0 aliphatic carbocycles. The van der Waals surface area contributed by atoms with Gasteiger partial charge >= 0.3 is 6.03 Å². The van der Waals surface area contributed by atoms with Crippen LogP contribution in [0.2, 0.25) is 0 Å². The van der Waals surface area contributed by atoms with E-state index < -0.39 is 0 Å². The summed E-state index contributed by atoms with van der Waals surface area (Å²) in [4.78, 5) is 16.6. The van der Waals surface area contributed by atoms with Crippen molar-refractivity contribution in [3.05, 3.63) is 29.8 Å². The Balaban J connectivity index is 1.93. The maximum Gasteiger partial charge on any atom is 0.321 e. The zero-order valence-electron chi connectivity index (χ0n) is 14.5. The van der Waals surface area contributed by atoms with E-state index in [0.29, 0.717) is 19.0 Å². The van der Waals surface area contributed by atoms with E-state index in [0.717, 1.165) is 30.8 Å². The Labute approximate surface area is 139 Å². The van der Waals surface area contributed by atoms with Crippen LogP contribution in [0.1, 0.15) is 38.7 Å². The molecule has 1 fully saturated rings. The molecule has 1 heterocycles. The number of urea groups is 1. The molecule has 0 bridgehead atoms. The van der Waals surface area contributed by atoms with Gasteiger partial charge in [-0.15, -0.1) is 0 Å². The van der Waals surface area contributed by atoms with Crippen molar-refractivity contribution in [2.24, 2.45) is 0 Å². The standard InChI is InChI=1S/C18H29N3O2/c1-4-15(13-22)20-9-11-21(12-10-20)18(23)19-17-8-6-5-7-16(17)14(2)3/h5-8,14-15,22H,4,9-13H2,1-3H3,(H,19,23). The lowest BCUT2D eigenvalue weighted by Crippen LogP contribution is -2.53. The van der Waals surface area contributed by atoms with Crippen LogP contribution in [0.4, 0.5) is 10.5 Å². The second kappa shape index (κ2) is 8.31. The Bertz CT molecular complexity index is 507. The number of para-hydroxylation sites is 1. The Morgan fingerprint density at radius 1 is 1.22 bits per heavy atom. The lowest BCUT2D eigenvalue weighted by molar-refractivity contribution is 0.0766. The van der Waals surface area contributed by atoms with E-state index in [1.165, 1.54) is 0 Å². The van der Waals surface area contributed by atoms with Crippen molar-refractivity contribution in [2.75, 3.05) is 38.1 Å². The van der Waals surface area contributed by atoms with E-state index in [1.54, 1.807) is 0 Å². The van der Waals surface area contributed by atoms with E-state index in [1.807, 2.05) is 23.1 Å². The molecule has 1 saturated heterocycles. The Kier molecular flexibility index (Phi) is 6.42. The average molecular weight is 319 g/mol. The summed E-state index contributed by atoms with van der Waals surface area (Å²) < 4.78 is 0. The van der Waals surface area contributed by atoms with Crippen molar-refractivity contribution in [3.63, 3.8) is 0 Å². The summed E-state index contributed by atoms with van der Waals surface area (Å²) in [5, 5.41) is 12.4. The van der Waals surface area contributed by atoms with Crippen molar-refractivity contribution in [1.29, 1.82) is 0 Å². The van der Waals surface area contributed by atoms with Gasteiger partial charge in [0.05, 0.1) is 6.61 Å². The highest BCUT2D eigenvalue weighted by atomic mass is 16.3. The maximum atomic E-state index is 12.5. The van der Waals surface area contributed by atoms with Gasteiger partial charge in [-0.25, -0.2) is 4.79 Å². The second-order valence-electron chi connectivity index (χ2n) is 6.44. The van der Waals surface area contributed by atoms with Gasteiger partial charge in [0.15, 0.2) is 0 Å². The quantitative estimate of drug-likeness (QED) is 0.877. The largest absolute Gasteiger partial charge is 0.395 e. The van der Waals surface area contributed by atoms with Crippen LogP contribution in [0.15, 0.2) is 24.3 Å². The summed E-state index contributed by atoms with van der Waals surface area (Å²) in [5.41, 5.74) is 2.06. The summed E-state index contributed by atoms with van der Waals surface area (Å²) in [7, 11) is 0. The SMILES string of the molecule is CCC(CO)N1CCN(C(=O)Nc2ccccc2C(C)C)CC1. The van der Waals surface area contributed by atoms with Gasteiger partial charge in [0.2, 0.25) is 0 Å². The number of aliphatic hydroxyl groups is 1. The topological polar surface area (TPSA) is 55.8 Å². The molecular formula is C18H29N3O2. The molecular weight excluding hydrogens is 290 g/mol. The first-order valence-electron chi connectivity index (χ1n) is 8.56. The van der Waals surface area contributed by atoms with Gasteiger partial charge in [-0.1, -0.05) is 39.0 Å². The Hall–Kier alpha value is -1.59. The van der Waals surface area contributed by atoms with Gasteiger partial charge in [-0.05, 0) is 24.0 Å². The number of amides is 2. The number of carbonyl (C=O) groups excluding carboxylic acids is 1. The fourth-order valence-corrected chi connectivity index (χ4v) is 3.10. The number of benzene rings is 1. The molecule has 5 nitrogen and oxygen atoms in total. The zero-order chi connectivity index (χ0) is 16.8. The third-order valence-electron chi connectivity index (χ3n) is 4.62. The van der Waals surface area contributed by atoms with E-state index in [-0.39, 0.29) is 18.7 Å². The number of nitrogens with zero attached hydrogens (tertiary/aromatic N) is 2. The summed E-state index contributed by atoms with van der Waals surface area (Å²) in [6.45, 7) is 9.56. The predicted octanol–water partition coefficient (Wildman–Crippen LogP) is 2.73. The molecule has 1 aliphatic heterocycles. The van der Waals surface area contributed by atoms with Crippen molar-refractivity contribution in [1.82, 2.24) is 9.80 Å². The monoisotopic (exact) mass is 319 g/mol. The molecule has 0 saturated carbocycles. The van der Waals surface area contributed by atoms with Crippen molar-refractivity contribution in [2.45, 2.75) is 39.2 Å². The highest BCUT2D eigenvalue weighted by Gasteiger charge is 2.25. The van der Waals surface area contributed by atoms with Crippen molar-refractivity contribution in [3.8, 4) is 0 Å². The summed E-state index contributed by atoms with van der Waals surface area (Å²) in [5.74, 6) is 0.373. The number of piperazine rings is 1. The van der Waals surface area contributed by atoms with Gasteiger partial charge in [-0.3, -0.25) is 4.90 Å². The first-order valence-corrected chi connectivity index (χ1v) is 8.56. The first-order chi connectivity index (χ1) is 11.1. The highest BCUT2D eigenvalue weighted by molar-refractivity contribution is 5.90. The lowest BCUT2D eigenvalue weighted by Gasteiger charge is -2.38. The molecule has 23 heavy (non-hydrogen) atoms. The van der Waals surface area contributed by atoms with Gasteiger partial charge in [0, 0.05) is 37.9 Å². The van der Waals surface area contributed by atoms with Crippen LogP contribution in [0, 0.1) is 0 Å². The van der Waals surface area contributed by atoms with Gasteiger partial charge in [-0.2, -0.15) is 0 Å². The predicted molar refractivity (Wildman–Crippen MR) is 93.9 cm³/mol. The fraction of sp³-hybridized carbons (Fsp3) is 0.611. The third kappa shape index (κ3) is 4.45. The van der Waals surface area contributed by atoms with Gasteiger partial charge in [0.25, 0.3) is 0 Å². The highest BCUT2D eigenvalue weighted by Crippen LogP contribution is 2.24. The molecule has 1 aliphatic rings. The summed E-state index contributed by atoms with van der Waals surface area (Å²) in [6.07, 6.45) is 0.935. The second-order valence-corrected chi connectivity index (χ2v) is 6.44. The summed E-state index contributed by atoms with van der Waals surface area (Å²) in [6, 6.07) is 8.15. The third-order valence-corrected chi connectivity index (χ3v) is 4.62. The molecule has 1 atom stereocenters. The summed E-state index contributed by atoms with van der Waals surface area (Å²) >= 11 is 0. The van der Waals surface area contributed by atoms with Crippen molar-refractivity contribution < 1.29 is 9.90 Å². The minimum atomic E-state index is -0.0326. The van der Waals surface area contributed by atoms with Crippen molar-refractivity contribution >= 4 is 11.7 Å². The molecule has 2 N–H and O–H groups in total. The number of hydrogen-bond acceptors (Lipinski definition) is 3. The molecule has 0 spiro atoms. The first kappa shape index (κ1) is 17.8. The van der Waals surface area contributed by atoms with E-state index >= 15 is 0 Å². The molecule has 0 radical (unpaired) electrons. The number of aliphatic hydroxyl groups excluding tert-OH is 1. The molecule has 0 aromatic heterocycles. The molecule has 2 amide bonds. The average Bonchev–Trinajstić information content (AvgIpc) is 2.57. The fourth-order valence-electron chi connectivity index (χ4n) is 3.10. The number of carbonyl (C=O) groups is 1. The number of anilines is 1. The van der Waals surface area contributed by atoms with E-state index in [4.69, 9.17) is 0 Å². The van der Waals surface area contributed by atoms with Crippen LogP contribution in [-0.4, -0.2) is 59.8 Å². The van der Waals surface area contributed by atoms with Crippen LogP contribution in [0.3, 0.4) is 0 Å². The molecule has 1 aromatic carbocycles.